The highest BCUT2D eigenvalue weighted by Gasteiger charge is 2.28. The highest BCUT2D eigenvalue weighted by atomic mass is 19.1. The Hall–Kier alpha value is -3.27. The molecule has 4 aromatic rings. The summed E-state index contributed by atoms with van der Waals surface area (Å²) in [6.45, 7) is 1.25. The van der Waals surface area contributed by atoms with Crippen LogP contribution in [0.5, 0.6) is 0 Å². The number of hydrogen-bond donors (Lipinski definition) is 2. The third kappa shape index (κ3) is 3.15. The van der Waals surface area contributed by atoms with Crippen LogP contribution < -0.4 is 10.6 Å². The van der Waals surface area contributed by atoms with Crippen molar-refractivity contribution in [2.75, 3.05) is 37.8 Å². The first-order chi connectivity index (χ1) is 14.1. The highest BCUT2D eigenvalue weighted by Crippen LogP contribution is 2.29. The normalized spacial score (nSPS) is 20.4. The quantitative estimate of drug-likeness (QED) is 0.546. The van der Waals surface area contributed by atoms with E-state index in [4.69, 9.17) is 0 Å². The molecule has 5 rings (SSSR count). The van der Waals surface area contributed by atoms with Crippen molar-refractivity contribution in [3.05, 3.63) is 36.8 Å². The van der Waals surface area contributed by atoms with Crippen molar-refractivity contribution in [1.82, 2.24) is 34.1 Å². The van der Waals surface area contributed by atoms with E-state index >= 15 is 0 Å². The molecule has 10 heteroatoms. The molecular formula is C19H22FN9. The van der Waals surface area contributed by atoms with Crippen LogP contribution in [0.3, 0.4) is 0 Å². The predicted molar refractivity (Wildman–Crippen MR) is 109 cm³/mol. The summed E-state index contributed by atoms with van der Waals surface area (Å²) in [5, 5.41) is 15.1. The van der Waals surface area contributed by atoms with Crippen LogP contribution in [0.25, 0.3) is 22.4 Å². The van der Waals surface area contributed by atoms with Crippen LogP contribution in [-0.4, -0.2) is 73.5 Å². The predicted octanol–water partition coefficient (Wildman–Crippen LogP) is 1.93. The monoisotopic (exact) mass is 395 g/mol. The zero-order valence-electron chi connectivity index (χ0n) is 16.2. The number of anilines is 2. The zero-order chi connectivity index (χ0) is 20.0. The van der Waals surface area contributed by atoms with Crippen molar-refractivity contribution in [2.24, 2.45) is 0 Å². The molecule has 1 fully saturated rings. The Morgan fingerprint density at radius 2 is 2.00 bits per heavy atom. The molecule has 0 saturated carbocycles. The average molecular weight is 395 g/mol. The Morgan fingerprint density at radius 3 is 2.83 bits per heavy atom. The second-order valence-corrected chi connectivity index (χ2v) is 7.32. The Morgan fingerprint density at radius 1 is 1.14 bits per heavy atom. The summed E-state index contributed by atoms with van der Waals surface area (Å²) in [5.41, 5.74) is 3.30. The summed E-state index contributed by atoms with van der Waals surface area (Å²) in [4.78, 5) is 11.3. The van der Waals surface area contributed by atoms with Gasteiger partial charge in [-0.25, -0.2) is 18.4 Å². The third-order valence-electron chi connectivity index (χ3n) is 5.34. The van der Waals surface area contributed by atoms with Gasteiger partial charge in [-0.1, -0.05) is 0 Å². The van der Waals surface area contributed by atoms with E-state index in [0.717, 1.165) is 29.0 Å². The molecule has 2 N–H and O–H groups in total. The molecular weight excluding hydrogens is 373 g/mol. The maximum absolute atomic E-state index is 14.4. The lowest BCUT2D eigenvalue weighted by Crippen LogP contribution is -2.46. The summed E-state index contributed by atoms with van der Waals surface area (Å²) in [6, 6.07) is 5.42. The lowest BCUT2D eigenvalue weighted by atomic mass is 10.0. The first kappa shape index (κ1) is 17.8. The molecule has 4 aromatic heterocycles. The van der Waals surface area contributed by atoms with Gasteiger partial charge in [-0.15, -0.1) is 5.10 Å². The summed E-state index contributed by atoms with van der Waals surface area (Å²) >= 11 is 0. The van der Waals surface area contributed by atoms with E-state index < -0.39 is 6.17 Å². The molecule has 150 valence electrons. The fraction of sp³-hybridized carbons (Fsp3) is 0.368. The van der Waals surface area contributed by atoms with E-state index in [9.17, 15) is 4.39 Å². The van der Waals surface area contributed by atoms with E-state index in [0.29, 0.717) is 24.7 Å². The third-order valence-corrected chi connectivity index (χ3v) is 5.34. The van der Waals surface area contributed by atoms with Gasteiger partial charge in [-0.05, 0) is 25.6 Å². The van der Waals surface area contributed by atoms with E-state index in [-0.39, 0.29) is 6.04 Å². The van der Waals surface area contributed by atoms with Crippen LogP contribution in [0.2, 0.25) is 0 Å². The Balaban J connectivity index is 1.52. The lowest BCUT2D eigenvalue weighted by Gasteiger charge is -2.32. The zero-order valence-corrected chi connectivity index (χ0v) is 16.2. The molecule has 2 atom stereocenters. The van der Waals surface area contributed by atoms with Crippen molar-refractivity contribution >= 4 is 22.9 Å². The minimum absolute atomic E-state index is 0.297. The molecule has 5 heterocycles. The van der Waals surface area contributed by atoms with Gasteiger partial charge in [0.2, 0.25) is 5.95 Å². The van der Waals surface area contributed by atoms with Gasteiger partial charge in [0.1, 0.15) is 11.7 Å². The second kappa shape index (κ2) is 6.96. The minimum Gasteiger partial charge on any atom is -0.371 e. The maximum Gasteiger partial charge on any atom is 0.243 e. The van der Waals surface area contributed by atoms with Crippen LogP contribution in [0.1, 0.15) is 6.42 Å². The van der Waals surface area contributed by atoms with Crippen LogP contribution in [0.4, 0.5) is 16.2 Å². The molecule has 9 nitrogen and oxygen atoms in total. The Bertz CT molecular complexity index is 1170. The van der Waals surface area contributed by atoms with Crippen molar-refractivity contribution in [1.29, 1.82) is 0 Å². The molecule has 0 unspecified atom stereocenters. The molecule has 1 aliphatic heterocycles. The number of nitrogens with zero attached hydrogens (tertiary/aromatic N) is 7. The fourth-order valence-electron chi connectivity index (χ4n) is 3.81. The largest absolute Gasteiger partial charge is 0.371 e. The first-order valence-corrected chi connectivity index (χ1v) is 9.59. The Kier molecular flexibility index (Phi) is 4.27. The van der Waals surface area contributed by atoms with Gasteiger partial charge in [0.05, 0.1) is 17.9 Å². The Labute approximate surface area is 166 Å². The molecule has 0 amide bonds. The number of nitrogens with one attached hydrogen (secondary N) is 2. The summed E-state index contributed by atoms with van der Waals surface area (Å²) in [6.07, 6.45) is 5.20. The van der Waals surface area contributed by atoms with Gasteiger partial charge in [0.15, 0.2) is 11.5 Å². The number of fused-ring (bicyclic) bond motifs is 2. The molecule has 0 aliphatic carbocycles. The van der Waals surface area contributed by atoms with Crippen molar-refractivity contribution in [3.63, 3.8) is 0 Å². The van der Waals surface area contributed by atoms with Gasteiger partial charge < -0.3 is 15.5 Å². The van der Waals surface area contributed by atoms with E-state index in [1.165, 1.54) is 0 Å². The van der Waals surface area contributed by atoms with E-state index in [2.05, 4.69) is 30.8 Å². The maximum atomic E-state index is 14.4. The summed E-state index contributed by atoms with van der Waals surface area (Å²) in [5.74, 6) is 1.06. The van der Waals surface area contributed by atoms with Gasteiger partial charge in [0.25, 0.3) is 0 Å². The number of halogens is 1. The van der Waals surface area contributed by atoms with Crippen LogP contribution in [-0.2, 0) is 0 Å². The standard InChI is InChI=1S/C19H22FN9/c1-21-18-17-12(14-6-10-28-16(23-14)3-7-22-28)4-9-29(17)26-19(25-18)24-15-5-8-27(2)11-13(15)20/h3-4,6-7,9-10,13,15H,5,8,11H2,1-2H3,(H2,21,24,25,26)/t13-,15+/m1/s1. The topological polar surface area (TPSA) is 87.7 Å². The number of aromatic nitrogens is 6. The highest BCUT2D eigenvalue weighted by molar-refractivity contribution is 5.87. The van der Waals surface area contributed by atoms with Crippen LogP contribution in [0.15, 0.2) is 36.8 Å². The molecule has 29 heavy (non-hydrogen) atoms. The van der Waals surface area contributed by atoms with Gasteiger partial charge >= 0.3 is 0 Å². The smallest absolute Gasteiger partial charge is 0.243 e. The van der Waals surface area contributed by atoms with Crippen LogP contribution >= 0.6 is 0 Å². The minimum atomic E-state index is -0.960. The summed E-state index contributed by atoms with van der Waals surface area (Å²) < 4.78 is 17.9. The number of piperidine rings is 1. The second-order valence-electron chi connectivity index (χ2n) is 7.32. The molecule has 1 saturated heterocycles. The molecule has 0 bridgehead atoms. The van der Waals surface area contributed by atoms with Crippen molar-refractivity contribution in [3.8, 4) is 11.3 Å². The molecule has 1 aliphatic rings. The number of hydrogen-bond acceptors (Lipinski definition) is 7. The van der Waals surface area contributed by atoms with Gasteiger partial charge in [-0.3, -0.25) is 0 Å². The van der Waals surface area contributed by atoms with Gasteiger partial charge in [-0.2, -0.15) is 10.1 Å². The fourth-order valence-corrected chi connectivity index (χ4v) is 3.81. The number of alkyl halides is 1. The molecule has 0 radical (unpaired) electrons. The average Bonchev–Trinajstić information content (AvgIpc) is 3.35. The SMILES string of the molecule is CNc1nc(N[C@H]2CCN(C)C[C@H]2F)nn2ccc(-c3ccn4nccc4n3)c12. The molecule has 0 spiro atoms. The first-order valence-electron chi connectivity index (χ1n) is 9.59. The van der Waals surface area contributed by atoms with Crippen LogP contribution in [0, 0.1) is 0 Å². The summed E-state index contributed by atoms with van der Waals surface area (Å²) in [7, 11) is 3.74. The lowest BCUT2D eigenvalue weighted by molar-refractivity contribution is 0.149. The number of likely N-dealkylation sites (tertiary alicyclic amines) is 1. The number of rotatable bonds is 4. The van der Waals surface area contributed by atoms with E-state index in [1.54, 1.807) is 15.2 Å². The van der Waals surface area contributed by atoms with Crippen molar-refractivity contribution < 1.29 is 4.39 Å². The van der Waals surface area contributed by atoms with Gasteiger partial charge in [0, 0.05) is 44.2 Å². The van der Waals surface area contributed by atoms with E-state index in [1.807, 2.05) is 49.6 Å². The van der Waals surface area contributed by atoms with Crippen molar-refractivity contribution in [2.45, 2.75) is 18.6 Å². The molecule has 0 aromatic carbocycles.